The lowest BCUT2D eigenvalue weighted by Crippen LogP contribution is -2.41. The Bertz CT molecular complexity index is 198. The molecule has 0 aromatic heterocycles. The molecule has 2 aliphatic rings. The number of rotatable bonds is 2. The van der Waals surface area contributed by atoms with E-state index in [1.54, 1.807) is 0 Å². The summed E-state index contributed by atoms with van der Waals surface area (Å²) in [4.78, 5) is 16.8. The molecule has 2 heterocycles. The van der Waals surface area contributed by atoms with Gasteiger partial charge in [0.1, 0.15) is 0 Å². The Morgan fingerprint density at radius 2 is 2.43 bits per heavy atom. The molecule has 2 rings (SSSR count). The first kappa shape index (κ1) is 9.89. The average Bonchev–Trinajstić information content (AvgIpc) is 2.72. The van der Waals surface area contributed by atoms with Crippen LogP contribution in [-0.4, -0.2) is 49.9 Å². The molecule has 5 nitrogen and oxygen atoms in total. The standard InChI is InChI=1S/C9H16N2O3/c12-9(11-3-1-4-14-11)6-8-7-10-2-5-13-8/h8,10H,1-7H2. The molecule has 0 aromatic rings. The van der Waals surface area contributed by atoms with Gasteiger partial charge in [-0.25, -0.2) is 5.06 Å². The second-order valence-electron chi connectivity index (χ2n) is 3.58. The van der Waals surface area contributed by atoms with Crippen LogP contribution in [-0.2, 0) is 14.4 Å². The molecule has 1 unspecified atom stereocenters. The molecule has 2 aliphatic heterocycles. The Labute approximate surface area is 83.3 Å². The fourth-order valence-corrected chi connectivity index (χ4v) is 1.69. The van der Waals surface area contributed by atoms with Gasteiger partial charge in [0.15, 0.2) is 0 Å². The van der Waals surface area contributed by atoms with E-state index in [0.717, 1.165) is 26.1 Å². The van der Waals surface area contributed by atoms with E-state index in [4.69, 9.17) is 9.57 Å². The van der Waals surface area contributed by atoms with Crippen LogP contribution in [0, 0.1) is 0 Å². The van der Waals surface area contributed by atoms with Crippen LogP contribution >= 0.6 is 0 Å². The number of carbonyl (C=O) groups excluding carboxylic acids is 1. The van der Waals surface area contributed by atoms with Crippen LogP contribution in [0.25, 0.3) is 0 Å². The highest BCUT2D eigenvalue weighted by atomic mass is 16.7. The fraction of sp³-hybridized carbons (Fsp3) is 0.889. The minimum Gasteiger partial charge on any atom is -0.375 e. The minimum atomic E-state index is 0.0143. The quantitative estimate of drug-likeness (QED) is 0.654. The van der Waals surface area contributed by atoms with Crippen LogP contribution in [0.4, 0.5) is 0 Å². The molecule has 0 saturated carbocycles. The van der Waals surface area contributed by atoms with Crippen molar-refractivity contribution < 1.29 is 14.4 Å². The first-order chi connectivity index (χ1) is 6.86. The van der Waals surface area contributed by atoms with Crippen molar-refractivity contribution in [2.24, 2.45) is 0 Å². The highest BCUT2D eigenvalue weighted by molar-refractivity contribution is 5.75. The van der Waals surface area contributed by atoms with Gasteiger partial charge in [-0.2, -0.15) is 0 Å². The predicted molar refractivity (Wildman–Crippen MR) is 49.5 cm³/mol. The van der Waals surface area contributed by atoms with Crippen LogP contribution in [0.5, 0.6) is 0 Å². The van der Waals surface area contributed by atoms with Gasteiger partial charge in [-0.1, -0.05) is 0 Å². The first-order valence-corrected chi connectivity index (χ1v) is 5.12. The van der Waals surface area contributed by atoms with E-state index in [1.807, 2.05) is 0 Å². The van der Waals surface area contributed by atoms with E-state index >= 15 is 0 Å². The van der Waals surface area contributed by atoms with E-state index in [9.17, 15) is 4.79 Å². The van der Waals surface area contributed by atoms with Gasteiger partial charge in [-0.05, 0) is 6.42 Å². The summed E-state index contributed by atoms with van der Waals surface area (Å²) in [5.41, 5.74) is 0. The number of hydroxylamine groups is 2. The Kier molecular flexibility index (Phi) is 3.34. The molecule has 0 aromatic carbocycles. The molecule has 5 heteroatoms. The van der Waals surface area contributed by atoms with Crippen LogP contribution in [0.1, 0.15) is 12.8 Å². The molecule has 1 N–H and O–H groups in total. The minimum absolute atomic E-state index is 0.0143. The Morgan fingerprint density at radius 1 is 1.50 bits per heavy atom. The van der Waals surface area contributed by atoms with Crippen molar-refractivity contribution in [2.75, 3.05) is 32.8 Å². The summed E-state index contributed by atoms with van der Waals surface area (Å²) in [6, 6.07) is 0. The Morgan fingerprint density at radius 3 is 3.07 bits per heavy atom. The predicted octanol–water partition coefficient (Wildman–Crippen LogP) is -0.471. The van der Waals surface area contributed by atoms with Gasteiger partial charge in [-0.3, -0.25) is 9.63 Å². The summed E-state index contributed by atoms with van der Waals surface area (Å²) in [6.07, 6.45) is 1.38. The second-order valence-corrected chi connectivity index (χ2v) is 3.58. The molecular formula is C9H16N2O3. The van der Waals surface area contributed by atoms with Gasteiger partial charge < -0.3 is 10.1 Å². The third-order valence-corrected chi connectivity index (χ3v) is 2.44. The molecule has 0 radical (unpaired) electrons. The zero-order valence-electron chi connectivity index (χ0n) is 8.20. The van der Waals surface area contributed by atoms with E-state index in [1.165, 1.54) is 5.06 Å². The van der Waals surface area contributed by atoms with Crippen molar-refractivity contribution in [2.45, 2.75) is 18.9 Å². The Hall–Kier alpha value is -0.650. The summed E-state index contributed by atoms with van der Waals surface area (Å²) in [5.74, 6) is 0.0381. The topological polar surface area (TPSA) is 50.8 Å². The fourth-order valence-electron chi connectivity index (χ4n) is 1.69. The summed E-state index contributed by atoms with van der Waals surface area (Å²) in [5, 5.41) is 4.65. The lowest BCUT2D eigenvalue weighted by atomic mass is 10.2. The summed E-state index contributed by atoms with van der Waals surface area (Å²) < 4.78 is 5.44. The number of ether oxygens (including phenoxy) is 1. The van der Waals surface area contributed by atoms with Crippen molar-refractivity contribution in [3.05, 3.63) is 0 Å². The Balaban J connectivity index is 1.75. The lowest BCUT2D eigenvalue weighted by molar-refractivity contribution is -0.171. The maximum atomic E-state index is 11.6. The van der Waals surface area contributed by atoms with Gasteiger partial charge in [0.05, 0.1) is 32.3 Å². The smallest absolute Gasteiger partial charge is 0.248 e. The molecule has 80 valence electrons. The maximum absolute atomic E-state index is 11.6. The van der Waals surface area contributed by atoms with Gasteiger partial charge in [-0.15, -0.1) is 0 Å². The average molecular weight is 200 g/mol. The zero-order valence-corrected chi connectivity index (χ0v) is 8.20. The van der Waals surface area contributed by atoms with Gasteiger partial charge >= 0.3 is 0 Å². The maximum Gasteiger partial charge on any atom is 0.248 e. The van der Waals surface area contributed by atoms with Gasteiger partial charge in [0.2, 0.25) is 5.91 Å². The summed E-state index contributed by atoms with van der Waals surface area (Å²) in [6.45, 7) is 3.72. The number of hydrogen-bond donors (Lipinski definition) is 1. The first-order valence-electron chi connectivity index (χ1n) is 5.12. The molecule has 1 amide bonds. The molecule has 0 bridgehead atoms. The normalized spacial score (nSPS) is 28.0. The molecule has 2 fully saturated rings. The van der Waals surface area contributed by atoms with Crippen molar-refractivity contribution in [3.63, 3.8) is 0 Å². The molecule has 2 saturated heterocycles. The van der Waals surface area contributed by atoms with Crippen LogP contribution < -0.4 is 5.32 Å². The second kappa shape index (κ2) is 4.72. The lowest BCUT2D eigenvalue weighted by Gasteiger charge is -2.24. The third-order valence-electron chi connectivity index (χ3n) is 2.44. The third kappa shape index (κ3) is 2.43. The van der Waals surface area contributed by atoms with Gasteiger partial charge in [0.25, 0.3) is 0 Å². The monoisotopic (exact) mass is 200 g/mol. The van der Waals surface area contributed by atoms with E-state index in [-0.39, 0.29) is 12.0 Å². The highest BCUT2D eigenvalue weighted by Gasteiger charge is 2.24. The van der Waals surface area contributed by atoms with Crippen molar-refractivity contribution >= 4 is 5.91 Å². The molecule has 0 aliphatic carbocycles. The number of nitrogens with zero attached hydrogens (tertiary/aromatic N) is 1. The summed E-state index contributed by atoms with van der Waals surface area (Å²) >= 11 is 0. The summed E-state index contributed by atoms with van der Waals surface area (Å²) in [7, 11) is 0. The number of amides is 1. The SMILES string of the molecule is O=C(CC1CNCCO1)N1CCCO1. The largest absolute Gasteiger partial charge is 0.375 e. The van der Waals surface area contributed by atoms with E-state index in [0.29, 0.717) is 19.6 Å². The van der Waals surface area contributed by atoms with Crippen molar-refractivity contribution in [1.82, 2.24) is 10.4 Å². The van der Waals surface area contributed by atoms with Crippen LogP contribution in [0.15, 0.2) is 0 Å². The highest BCUT2D eigenvalue weighted by Crippen LogP contribution is 2.10. The van der Waals surface area contributed by atoms with Crippen LogP contribution in [0.2, 0.25) is 0 Å². The molecule has 14 heavy (non-hydrogen) atoms. The van der Waals surface area contributed by atoms with Crippen molar-refractivity contribution in [1.29, 1.82) is 0 Å². The van der Waals surface area contributed by atoms with Crippen LogP contribution in [0.3, 0.4) is 0 Å². The molecular weight excluding hydrogens is 184 g/mol. The number of carbonyl (C=O) groups is 1. The van der Waals surface area contributed by atoms with E-state index < -0.39 is 0 Å². The zero-order chi connectivity index (χ0) is 9.80. The number of morpholine rings is 1. The van der Waals surface area contributed by atoms with E-state index in [2.05, 4.69) is 5.32 Å². The molecule has 0 spiro atoms. The van der Waals surface area contributed by atoms with Crippen molar-refractivity contribution in [3.8, 4) is 0 Å². The van der Waals surface area contributed by atoms with Gasteiger partial charge in [0, 0.05) is 13.1 Å². The number of hydrogen-bond acceptors (Lipinski definition) is 4. The molecule has 1 atom stereocenters. The number of nitrogens with one attached hydrogen (secondary N) is 1.